The van der Waals surface area contributed by atoms with Crippen LogP contribution in [-0.2, 0) is 0 Å². The highest BCUT2D eigenvalue weighted by molar-refractivity contribution is 5.63. The van der Waals surface area contributed by atoms with Crippen LogP contribution in [0, 0.1) is 13.8 Å². The zero-order chi connectivity index (χ0) is 15.4. The van der Waals surface area contributed by atoms with Gasteiger partial charge >= 0.3 is 0 Å². The summed E-state index contributed by atoms with van der Waals surface area (Å²) in [6.07, 6.45) is 0. The van der Waals surface area contributed by atoms with Gasteiger partial charge in [-0.1, -0.05) is 26.0 Å². The Balaban J connectivity index is 2.36. The van der Waals surface area contributed by atoms with Gasteiger partial charge in [0.25, 0.3) is 0 Å². The molecule has 0 unspecified atom stereocenters. The molecule has 1 aromatic heterocycles. The first-order valence-corrected chi connectivity index (χ1v) is 7.47. The van der Waals surface area contributed by atoms with Crippen molar-refractivity contribution in [1.82, 2.24) is 9.97 Å². The Hall–Kier alpha value is -2.10. The summed E-state index contributed by atoms with van der Waals surface area (Å²) in [6.45, 7) is 11.4. The van der Waals surface area contributed by atoms with Crippen molar-refractivity contribution in [2.24, 2.45) is 0 Å². The fraction of sp³-hybridized carbons (Fsp3) is 0.412. The SMILES string of the molecule is CCNc1cc(Nc2cccc(C)c2C)nc(C(C)C)n1. The van der Waals surface area contributed by atoms with Crippen molar-refractivity contribution >= 4 is 17.3 Å². The maximum Gasteiger partial charge on any atom is 0.136 e. The van der Waals surface area contributed by atoms with Crippen LogP contribution in [0.4, 0.5) is 17.3 Å². The smallest absolute Gasteiger partial charge is 0.136 e. The zero-order valence-corrected chi connectivity index (χ0v) is 13.5. The van der Waals surface area contributed by atoms with Gasteiger partial charge in [0.1, 0.15) is 17.5 Å². The van der Waals surface area contributed by atoms with Gasteiger partial charge in [0.05, 0.1) is 0 Å². The molecule has 0 aliphatic carbocycles. The fourth-order valence-corrected chi connectivity index (χ4v) is 2.08. The van der Waals surface area contributed by atoms with Crippen LogP contribution in [0.3, 0.4) is 0 Å². The first kappa shape index (κ1) is 15.3. The van der Waals surface area contributed by atoms with Gasteiger partial charge in [-0.25, -0.2) is 9.97 Å². The van der Waals surface area contributed by atoms with Crippen LogP contribution in [0.15, 0.2) is 24.3 Å². The van der Waals surface area contributed by atoms with E-state index in [1.165, 1.54) is 11.1 Å². The second kappa shape index (κ2) is 6.57. The molecule has 112 valence electrons. The predicted molar refractivity (Wildman–Crippen MR) is 89.5 cm³/mol. The number of aryl methyl sites for hydroxylation is 1. The van der Waals surface area contributed by atoms with Crippen molar-refractivity contribution < 1.29 is 0 Å². The van der Waals surface area contributed by atoms with Crippen LogP contribution in [0.2, 0.25) is 0 Å². The van der Waals surface area contributed by atoms with Gasteiger partial charge in [-0.15, -0.1) is 0 Å². The number of rotatable bonds is 5. The molecule has 4 heteroatoms. The molecule has 0 bridgehead atoms. The summed E-state index contributed by atoms with van der Waals surface area (Å²) in [5.74, 6) is 2.84. The minimum atomic E-state index is 0.294. The van der Waals surface area contributed by atoms with E-state index in [9.17, 15) is 0 Å². The average Bonchev–Trinajstić information content (AvgIpc) is 2.44. The molecule has 0 amide bonds. The van der Waals surface area contributed by atoms with E-state index in [2.05, 4.69) is 73.4 Å². The third-order valence-corrected chi connectivity index (χ3v) is 3.49. The number of benzene rings is 1. The number of aromatic nitrogens is 2. The Kier molecular flexibility index (Phi) is 4.78. The number of nitrogens with one attached hydrogen (secondary N) is 2. The summed E-state index contributed by atoms with van der Waals surface area (Å²) < 4.78 is 0. The number of hydrogen-bond acceptors (Lipinski definition) is 4. The lowest BCUT2D eigenvalue weighted by Crippen LogP contribution is -2.07. The van der Waals surface area contributed by atoms with Crippen LogP contribution in [0.1, 0.15) is 43.6 Å². The Morgan fingerprint density at radius 2 is 1.81 bits per heavy atom. The quantitative estimate of drug-likeness (QED) is 0.854. The largest absolute Gasteiger partial charge is 0.370 e. The van der Waals surface area contributed by atoms with E-state index < -0.39 is 0 Å². The third kappa shape index (κ3) is 3.72. The monoisotopic (exact) mass is 284 g/mol. The summed E-state index contributed by atoms with van der Waals surface area (Å²) in [7, 11) is 0. The highest BCUT2D eigenvalue weighted by atomic mass is 15.1. The minimum absolute atomic E-state index is 0.294. The van der Waals surface area contributed by atoms with E-state index in [1.807, 2.05) is 6.07 Å². The summed E-state index contributed by atoms with van der Waals surface area (Å²) in [6, 6.07) is 8.20. The molecule has 0 aliphatic rings. The summed E-state index contributed by atoms with van der Waals surface area (Å²) >= 11 is 0. The van der Waals surface area contributed by atoms with E-state index in [0.29, 0.717) is 5.92 Å². The predicted octanol–water partition coefficient (Wildman–Crippen LogP) is 4.39. The van der Waals surface area contributed by atoms with Crippen molar-refractivity contribution in [1.29, 1.82) is 0 Å². The molecule has 2 aromatic rings. The molecule has 2 N–H and O–H groups in total. The van der Waals surface area contributed by atoms with Crippen molar-refractivity contribution in [3.8, 4) is 0 Å². The standard InChI is InChI=1S/C17H24N4/c1-6-18-15-10-16(21-17(20-15)11(2)3)19-14-9-7-8-12(4)13(14)5/h7-11H,6H2,1-5H3,(H2,18,19,20,21). The van der Waals surface area contributed by atoms with Gasteiger partial charge < -0.3 is 10.6 Å². The second-order valence-electron chi connectivity index (χ2n) is 5.55. The minimum Gasteiger partial charge on any atom is -0.370 e. The second-order valence-corrected chi connectivity index (χ2v) is 5.55. The van der Waals surface area contributed by atoms with Crippen molar-refractivity contribution in [2.75, 3.05) is 17.2 Å². The van der Waals surface area contributed by atoms with Crippen LogP contribution in [-0.4, -0.2) is 16.5 Å². The molecule has 21 heavy (non-hydrogen) atoms. The molecule has 4 nitrogen and oxygen atoms in total. The summed E-state index contributed by atoms with van der Waals surface area (Å²) in [4.78, 5) is 9.16. The molecular weight excluding hydrogens is 260 g/mol. The topological polar surface area (TPSA) is 49.8 Å². The highest BCUT2D eigenvalue weighted by Crippen LogP contribution is 2.24. The van der Waals surface area contributed by atoms with Crippen LogP contribution >= 0.6 is 0 Å². The fourth-order valence-electron chi connectivity index (χ4n) is 2.08. The van der Waals surface area contributed by atoms with E-state index >= 15 is 0 Å². The van der Waals surface area contributed by atoms with E-state index in [0.717, 1.165) is 29.7 Å². The number of hydrogen-bond donors (Lipinski definition) is 2. The average molecular weight is 284 g/mol. The first-order valence-electron chi connectivity index (χ1n) is 7.47. The first-order chi connectivity index (χ1) is 10.0. The molecule has 0 aliphatic heterocycles. The molecule has 0 spiro atoms. The summed E-state index contributed by atoms with van der Waals surface area (Å²) in [5, 5.41) is 6.68. The molecular formula is C17H24N4. The van der Waals surface area contributed by atoms with E-state index in [1.54, 1.807) is 0 Å². The van der Waals surface area contributed by atoms with Gasteiger partial charge in [-0.05, 0) is 38.0 Å². The molecule has 0 saturated heterocycles. The van der Waals surface area contributed by atoms with Crippen LogP contribution in [0.25, 0.3) is 0 Å². The van der Waals surface area contributed by atoms with E-state index in [-0.39, 0.29) is 0 Å². The molecule has 0 saturated carbocycles. The third-order valence-electron chi connectivity index (χ3n) is 3.49. The summed E-state index contributed by atoms with van der Waals surface area (Å²) in [5.41, 5.74) is 3.60. The Labute approximate surface area is 127 Å². The molecule has 2 rings (SSSR count). The molecule has 1 aromatic carbocycles. The lowest BCUT2D eigenvalue weighted by Gasteiger charge is -2.14. The van der Waals surface area contributed by atoms with Gasteiger partial charge in [-0.2, -0.15) is 0 Å². The van der Waals surface area contributed by atoms with Crippen molar-refractivity contribution in [3.63, 3.8) is 0 Å². The number of nitrogens with zero attached hydrogens (tertiary/aromatic N) is 2. The van der Waals surface area contributed by atoms with Gasteiger partial charge in [0, 0.05) is 24.2 Å². The molecule has 0 radical (unpaired) electrons. The van der Waals surface area contributed by atoms with Gasteiger partial charge in [0.15, 0.2) is 0 Å². The zero-order valence-electron chi connectivity index (χ0n) is 13.5. The maximum absolute atomic E-state index is 4.62. The van der Waals surface area contributed by atoms with Crippen molar-refractivity contribution in [2.45, 2.75) is 40.5 Å². The molecule has 1 heterocycles. The van der Waals surface area contributed by atoms with Crippen molar-refractivity contribution in [3.05, 3.63) is 41.2 Å². The molecule has 0 fully saturated rings. The molecule has 0 atom stereocenters. The lowest BCUT2D eigenvalue weighted by molar-refractivity contribution is 0.777. The lowest BCUT2D eigenvalue weighted by atomic mass is 10.1. The van der Waals surface area contributed by atoms with Gasteiger partial charge in [0.2, 0.25) is 0 Å². The highest BCUT2D eigenvalue weighted by Gasteiger charge is 2.09. The Morgan fingerprint density at radius 1 is 1.10 bits per heavy atom. The maximum atomic E-state index is 4.62. The Morgan fingerprint density at radius 3 is 2.48 bits per heavy atom. The Bertz CT molecular complexity index is 620. The van der Waals surface area contributed by atoms with E-state index in [4.69, 9.17) is 0 Å². The number of anilines is 3. The van der Waals surface area contributed by atoms with Crippen LogP contribution in [0.5, 0.6) is 0 Å². The normalized spacial score (nSPS) is 10.8. The van der Waals surface area contributed by atoms with Gasteiger partial charge in [-0.3, -0.25) is 0 Å². The van der Waals surface area contributed by atoms with Crippen LogP contribution < -0.4 is 10.6 Å².